The van der Waals surface area contributed by atoms with Crippen molar-refractivity contribution in [3.8, 4) is 0 Å². The second kappa shape index (κ2) is 5.60. The standard InChI is InChI=1S/C13H20N4O2S2/c1-13(2)9-17(8-7-16(13)3)21(18,19)10-5-4-6-15-11(10)12(14)20/h4-6H,7-9H2,1-3H3,(H2,14,20). The van der Waals surface area contributed by atoms with E-state index in [2.05, 4.69) is 9.88 Å². The molecule has 6 nitrogen and oxygen atoms in total. The molecule has 1 fully saturated rings. The Morgan fingerprint density at radius 2 is 2.10 bits per heavy atom. The third-order valence-electron chi connectivity index (χ3n) is 3.90. The highest BCUT2D eigenvalue weighted by Crippen LogP contribution is 2.25. The molecule has 0 amide bonds. The molecule has 0 bridgehead atoms. The van der Waals surface area contributed by atoms with Crippen LogP contribution >= 0.6 is 12.2 Å². The average Bonchev–Trinajstić information content (AvgIpc) is 2.41. The van der Waals surface area contributed by atoms with E-state index in [0.29, 0.717) is 19.6 Å². The van der Waals surface area contributed by atoms with Crippen molar-refractivity contribution in [2.24, 2.45) is 5.73 Å². The van der Waals surface area contributed by atoms with Gasteiger partial charge in [-0.15, -0.1) is 0 Å². The number of nitrogens with two attached hydrogens (primary N) is 1. The molecular formula is C13H20N4O2S2. The molecule has 0 radical (unpaired) electrons. The molecule has 1 aromatic rings. The van der Waals surface area contributed by atoms with Crippen molar-refractivity contribution in [1.82, 2.24) is 14.2 Å². The Morgan fingerprint density at radius 3 is 2.67 bits per heavy atom. The van der Waals surface area contributed by atoms with Crippen LogP contribution in [0.3, 0.4) is 0 Å². The van der Waals surface area contributed by atoms with Crippen molar-refractivity contribution in [2.45, 2.75) is 24.3 Å². The molecule has 21 heavy (non-hydrogen) atoms. The summed E-state index contributed by atoms with van der Waals surface area (Å²) in [7, 11) is -1.66. The molecule has 2 rings (SSSR count). The normalized spacial score (nSPS) is 20.3. The van der Waals surface area contributed by atoms with E-state index in [1.54, 1.807) is 6.07 Å². The van der Waals surface area contributed by atoms with Crippen molar-refractivity contribution in [3.63, 3.8) is 0 Å². The zero-order chi connectivity index (χ0) is 15.8. The van der Waals surface area contributed by atoms with Crippen molar-refractivity contribution in [3.05, 3.63) is 24.0 Å². The maximum Gasteiger partial charge on any atom is 0.245 e. The summed E-state index contributed by atoms with van der Waals surface area (Å²) in [5.41, 5.74) is 5.53. The van der Waals surface area contributed by atoms with Crippen molar-refractivity contribution in [2.75, 3.05) is 26.7 Å². The van der Waals surface area contributed by atoms with E-state index >= 15 is 0 Å². The molecule has 0 unspecified atom stereocenters. The maximum absolute atomic E-state index is 12.9. The molecule has 0 aromatic carbocycles. The fourth-order valence-corrected chi connectivity index (χ4v) is 4.29. The van der Waals surface area contributed by atoms with Crippen LogP contribution in [-0.4, -0.2) is 59.8 Å². The molecule has 2 heterocycles. The molecule has 0 saturated carbocycles. The summed E-state index contributed by atoms with van der Waals surface area (Å²) >= 11 is 4.91. The molecule has 8 heteroatoms. The Morgan fingerprint density at radius 1 is 1.43 bits per heavy atom. The first-order valence-corrected chi connectivity index (χ1v) is 8.47. The van der Waals surface area contributed by atoms with Crippen molar-refractivity contribution in [1.29, 1.82) is 0 Å². The lowest BCUT2D eigenvalue weighted by Gasteiger charge is -2.44. The second-order valence-electron chi connectivity index (χ2n) is 5.79. The largest absolute Gasteiger partial charge is 0.388 e. The number of hydrogen-bond acceptors (Lipinski definition) is 5. The van der Waals surface area contributed by atoms with E-state index in [1.165, 1.54) is 16.6 Å². The number of aromatic nitrogens is 1. The quantitative estimate of drug-likeness (QED) is 0.811. The lowest BCUT2D eigenvalue weighted by atomic mass is 10.0. The Bertz CT molecular complexity index is 658. The van der Waals surface area contributed by atoms with Gasteiger partial charge in [0.15, 0.2) is 0 Å². The number of piperazine rings is 1. The first-order chi connectivity index (χ1) is 9.66. The predicted octanol–water partition coefficient (Wildman–Crippen LogP) is 0.431. The fourth-order valence-electron chi connectivity index (χ4n) is 2.32. The molecule has 0 aliphatic carbocycles. The van der Waals surface area contributed by atoms with Crippen molar-refractivity contribution >= 4 is 27.2 Å². The van der Waals surface area contributed by atoms with Gasteiger partial charge in [-0.05, 0) is 33.0 Å². The van der Waals surface area contributed by atoms with Crippen LogP contribution in [0.4, 0.5) is 0 Å². The molecule has 1 aromatic heterocycles. The highest BCUT2D eigenvalue weighted by Gasteiger charge is 2.38. The highest BCUT2D eigenvalue weighted by molar-refractivity contribution is 7.89. The molecule has 2 N–H and O–H groups in total. The fraction of sp³-hybridized carbons (Fsp3) is 0.538. The molecule has 0 atom stereocenters. The number of nitrogens with zero attached hydrogens (tertiary/aromatic N) is 3. The minimum absolute atomic E-state index is 0.0115. The van der Waals surface area contributed by atoms with E-state index in [9.17, 15) is 8.42 Å². The zero-order valence-corrected chi connectivity index (χ0v) is 14.0. The van der Waals surface area contributed by atoms with Crippen LogP contribution in [-0.2, 0) is 10.0 Å². The van der Waals surface area contributed by atoms with Gasteiger partial charge in [-0.1, -0.05) is 12.2 Å². The van der Waals surface area contributed by atoms with E-state index in [0.717, 1.165) is 0 Å². The number of likely N-dealkylation sites (N-methyl/N-ethyl adjacent to an activating group) is 1. The summed E-state index contributed by atoms with van der Waals surface area (Å²) in [6.07, 6.45) is 1.49. The third-order valence-corrected chi connectivity index (χ3v) is 5.97. The number of hydrogen-bond donors (Lipinski definition) is 1. The zero-order valence-electron chi connectivity index (χ0n) is 12.4. The van der Waals surface area contributed by atoms with Gasteiger partial charge in [0.25, 0.3) is 0 Å². The van der Waals surface area contributed by atoms with Gasteiger partial charge < -0.3 is 5.73 Å². The Labute approximate surface area is 131 Å². The van der Waals surface area contributed by atoms with E-state index in [1.807, 2.05) is 20.9 Å². The molecule has 1 aliphatic rings. The number of thiocarbonyl (C=S) groups is 1. The minimum atomic E-state index is -3.66. The molecular weight excluding hydrogens is 308 g/mol. The van der Waals surface area contributed by atoms with Crippen LogP contribution in [0.5, 0.6) is 0 Å². The lowest BCUT2D eigenvalue weighted by molar-refractivity contribution is 0.0801. The van der Waals surface area contributed by atoms with Crippen LogP contribution in [0, 0.1) is 0 Å². The Hall–Kier alpha value is -1.09. The van der Waals surface area contributed by atoms with Crippen LogP contribution in [0.15, 0.2) is 23.2 Å². The number of pyridine rings is 1. The summed E-state index contributed by atoms with van der Waals surface area (Å²) in [6.45, 7) is 5.57. The summed E-state index contributed by atoms with van der Waals surface area (Å²) in [6, 6.07) is 3.08. The van der Waals surface area contributed by atoms with Gasteiger partial charge in [0, 0.05) is 31.4 Å². The van der Waals surface area contributed by atoms with Gasteiger partial charge in [0.05, 0.1) is 0 Å². The third kappa shape index (κ3) is 3.08. The average molecular weight is 328 g/mol. The first-order valence-electron chi connectivity index (χ1n) is 6.62. The Balaban J connectivity index is 2.42. The van der Waals surface area contributed by atoms with Gasteiger partial charge in [0.1, 0.15) is 15.6 Å². The van der Waals surface area contributed by atoms with Gasteiger partial charge in [0.2, 0.25) is 10.0 Å². The number of rotatable bonds is 3. The van der Waals surface area contributed by atoms with Gasteiger partial charge in [-0.3, -0.25) is 9.88 Å². The van der Waals surface area contributed by atoms with Crippen LogP contribution in [0.25, 0.3) is 0 Å². The van der Waals surface area contributed by atoms with Crippen molar-refractivity contribution < 1.29 is 8.42 Å². The summed E-state index contributed by atoms with van der Waals surface area (Å²) in [4.78, 5) is 6.23. The van der Waals surface area contributed by atoms with Crippen LogP contribution in [0.1, 0.15) is 19.5 Å². The summed E-state index contributed by atoms with van der Waals surface area (Å²) < 4.78 is 27.2. The topological polar surface area (TPSA) is 79.5 Å². The van der Waals surface area contributed by atoms with E-state index in [-0.39, 0.29) is 21.1 Å². The summed E-state index contributed by atoms with van der Waals surface area (Å²) in [5, 5.41) is 0. The molecule has 1 aliphatic heterocycles. The van der Waals surface area contributed by atoms with Gasteiger partial charge in [-0.25, -0.2) is 8.42 Å². The van der Waals surface area contributed by atoms with Gasteiger partial charge in [-0.2, -0.15) is 4.31 Å². The summed E-state index contributed by atoms with van der Waals surface area (Å²) in [5.74, 6) is 0. The van der Waals surface area contributed by atoms with Crippen LogP contribution in [0.2, 0.25) is 0 Å². The van der Waals surface area contributed by atoms with E-state index in [4.69, 9.17) is 18.0 Å². The Kier molecular flexibility index (Phi) is 4.34. The van der Waals surface area contributed by atoms with Crippen LogP contribution < -0.4 is 5.73 Å². The maximum atomic E-state index is 12.9. The number of sulfonamides is 1. The molecule has 0 spiro atoms. The lowest BCUT2D eigenvalue weighted by Crippen LogP contribution is -2.58. The molecule has 1 saturated heterocycles. The first kappa shape index (κ1) is 16.3. The van der Waals surface area contributed by atoms with E-state index < -0.39 is 10.0 Å². The highest BCUT2D eigenvalue weighted by atomic mass is 32.2. The monoisotopic (exact) mass is 328 g/mol. The second-order valence-corrected chi connectivity index (χ2v) is 8.13. The predicted molar refractivity (Wildman–Crippen MR) is 85.6 cm³/mol. The minimum Gasteiger partial charge on any atom is -0.388 e. The molecule has 116 valence electrons. The smallest absolute Gasteiger partial charge is 0.245 e. The van der Waals surface area contributed by atoms with Gasteiger partial charge >= 0.3 is 0 Å². The SMILES string of the molecule is CN1CCN(S(=O)(=O)c2cccnc2C(N)=S)CC1(C)C.